The van der Waals surface area contributed by atoms with Gasteiger partial charge in [0.15, 0.2) is 5.54 Å². The number of carbonyl (C=O) groups is 1. The molecule has 0 saturated carbocycles. The standard InChI is InChI=1S/C8H9F2N3O4/c1-8(2,7(14)15)12-3-4(13(16)17)5(11-12)6(9)10/h3,6H,1-2H3,(H,14,15). The Hall–Kier alpha value is -2.06. The maximum absolute atomic E-state index is 12.5. The molecule has 0 saturated heterocycles. The number of carboxylic acid groups (broad SMARTS) is 1. The highest BCUT2D eigenvalue weighted by Gasteiger charge is 2.35. The Balaban J connectivity index is 3.35. The fourth-order valence-electron chi connectivity index (χ4n) is 1.06. The second kappa shape index (κ2) is 4.07. The Morgan fingerprint density at radius 3 is 2.47 bits per heavy atom. The van der Waals surface area contributed by atoms with Crippen molar-refractivity contribution in [3.63, 3.8) is 0 Å². The molecule has 1 N–H and O–H groups in total. The van der Waals surface area contributed by atoms with Crippen LogP contribution >= 0.6 is 0 Å². The zero-order valence-electron chi connectivity index (χ0n) is 8.92. The van der Waals surface area contributed by atoms with Crippen molar-refractivity contribution in [1.29, 1.82) is 0 Å². The summed E-state index contributed by atoms with van der Waals surface area (Å²) in [6, 6.07) is 0. The van der Waals surface area contributed by atoms with Gasteiger partial charge in [-0.05, 0) is 13.8 Å². The Morgan fingerprint density at radius 2 is 2.18 bits per heavy atom. The van der Waals surface area contributed by atoms with E-state index in [0.717, 1.165) is 0 Å². The quantitative estimate of drug-likeness (QED) is 0.644. The molecule has 1 heterocycles. The van der Waals surface area contributed by atoms with Crippen LogP contribution in [0, 0.1) is 10.1 Å². The molecule has 0 aliphatic carbocycles. The molecule has 9 heteroatoms. The highest BCUT2D eigenvalue weighted by atomic mass is 19.3. The lowest BCUT2D eigenvalue weighted by atomic mass is 10.1. The molecule has 0 spiro atoms. The molecular formula is C8H9F2N3O4. The minimum absolute atomic E-state index is 0.648. The first kappa shape index (κ1) is 13.0. The summed E-state index contributed by atoms with van der Waals surface area (Å²) in [5, 5.41) is 22.6. The van der Waals surface area contributed by atoms with E-state index in [1.807, 2.05) is 0 Å². The number of alkyl halides is 2. The van der Waals surface area contributed by atoms with Gasteiger partial charge in [0.1, 0.15) is 6.20 Å². The molecule has 17 heavy (non-hydrogen) atoms. The van der Waals surface area contributed by atoms with Gasteiger partial charge < -0.3 is 5.11 Å². The largest absolute Gasteiger partial charge is 0.479 e. The van der Waals surface area contributed by atoms with E-state index in [2.05, 4.69) is 5.10 Å². The molecule has 0 unspecified atom stereocenters. The number of carboxylic acids is 1. The number of nitro groups is 1. The van der Waals surface area contributed by atoms with Crippen molar-refractivity contribution in [3.8, 4) is 0 Å². The topological polar surface area (TPSA) is 98.3 Å². The number of halogens is 2. The fourth-order valence-corrected chi connectivity index (χ4v) is 1.06. The predicted octanol–water partition coefficient (Wildman–Crippen LogP) is 1.55. The summed E-state index contributed by atoms with van der Waals surface area (Å²) in [7, 11) is 0. The van der Waals surface area contributed by atoms with Crippen molar-refractivity contribution in [1.82, 2.24) is 9.78 Å². The van der Waals surface area contributed by atoms with Crippen molar-refractivity contribution in [2.45, 2.75) is 25.8 Å². The van der Waals surface area contributed by atoms with Gasteiger partial charge >= 0.3 is 11.7 Å². The summed E-state index contributed by atoms with van der Waals surface area (Å²) < 4.78 is 25.6. The molecule has 0 radical (unpaired) electrons. The lowest BCUT2D eigenvalue weighted by Gasteiger charge is -2.18. The SMILES string of the molecule is CC(C)(C(=O)O)n1cc([N+](=O)[O-])c(C(F)F)n1. The number of aromatic nitrogens is 2. The van der Waals surface area contributed by atoms with Crippen molar-refractivity contribution in [2.75, 3.05) is 0 Å². The normalized spacial score (nSPS) is 11.8. The van der Waals surface area contributed by atoms with E-state index < -0.39 is 34.2 Å². The van der Waals surface area contributed by atoms with E-state index in [0.29, 0.717) is 10.9 Å². The third-order valence-electron chi connectivity index (χ3n) is 2.22. The van der Waals surface area contributed by atoms with Crippen molar-refractivity contribution >= 4 is 11.7 Å². The minimum atomic E-state index is -3.14. The number of hydrogen-bond acceptors (Lipinski definition) is 4. The molecule has 0 bridgehead atoms. The van der Waals surface area contributed by atoms with Crippen LogP contribution in [0.1, 0.15) is 26.0 Å². The van der Waals surface area contributed by atoms with Crippen LogP contribution in [-0.4, -0.2) is 25.8 Å². The summed E-state index contributed by atoms with van der Waals surface area (Å²) in [6.45, 7) is 2.39. The van der Waals surface area contributed by atoms with Crippen LogP contribution in [0.25, 0.3) is 0 Å². The molecule has 1 aromatic heterocycles. The van der Waals surface area contributed by atoms with Crippen LogP contribution in [0.3, 0.4) is 0 Å². The average molecular weight is 249 g/mol. The molecule has 94 valence electrons. The highest BCUT2D eigenvalue weighted by Crippen LogP contribution is 2.29. The van der Waals surface area contributed by atoms with Gasteiger partial charge in [0.25, 0.3) is 6.43 Å². The average Bonchev–Trinajstić information content (AvgIpc) is 2.61. The first-order valence-electron chi connectivity index (χ1n) is 4.44. The summed E-state index contributed by atoms with van der Waals surface area (Å²) in [6.07, 6.45) is -2.45. The van der Waals surface area contributed by atoms with Crippen LogP contribution in [0.4, 0.5) is 14.5 Å². The number of nitrogens with zero attached hydrogens (tertiary/aromatic N) is 3. The lowest BCUT2D eigenvalue weighted by Crippen LogP contribution is -2.36. The first-order valence-corrected chi connectivity index (χ1v) is 4.44. The van der Waals surface area contributed by atoms with Crippen molar-refractivity contribution in [3.05, 3.63) is 22.0 Å². The molecule has 0 aromatic carbocycles. The van der Waals surface area contributed by atoms with Gasteiger partial charge in [-0.1, -0.05) is 0 Å². The van der Waals surface area contributed by atoms with Gasteiger partial charge in [-0.3, -0.25) is 10.1 Å². The van der Waals surface area contributed by atoms with Gasteiger partial charge in [-0.25, -0.2) is 18.3 Å². The predicted molar refractivity (Wildman–Crippen MR) is 50.8 cm³/mol. The van der Waals surface area contributed by atoms with Crippen molar-refractivity contribution in [2.24, 2.45) is 0 Å². The number of hydrogen-bond donors (Lipinski definition) is 1. The van der Waals surface area contributed by atoms with Gasteiger partial charge in [0.05, 0.1) is 4.92 Å². The minimum Gasteiger partial charge on any atom is -0.479 e. The maximum atomic E-state index is 12.5. The molecule has 0 aliphatic heterocycles. The summed E-state index contributed by atoms with van der Waals surface area (Å²) in [5.41, 5.74) is -3.57. The van der Waals surface area contributed by atoms with Crippen LogP contribution in [-0.2, 0) is 10.3 Å². The fraction of sp³-hybridized carbons (Fsp3) is 0.500. The van der Waals surface area contributed by atoms with E-state index in [-0.39, 0.29) is 0 Å². The molecule has 1 aromatic rings. The number of rotatable bonds is 4. The third kappa shape index (κ3) is 2.22. The molecule has 1 rings (SSSR count). The van der Waals surface area contributed by atoms with Crippen LogP contribution < -0.4 is 0 Å². The summed E-state index contributed by atoms with van der Waals surface area (Å²) >= 11 is 0. The summed E-state index contributed by atoms with van der Waals surface area (Å²) in [5.74, 6) is -1.34. The van der Waals surface area contributed by atoms with Crippen LogP contribution in [0.2, 0.25) is 0 Å². The van der Waals surface area contributed by atoms with Crippen LogP contribution in [0.15, 0.2) is 6.20 Å². The Bertz CT molecular complexity index is 469. The highest BCUT2D eigenvalue weighted by molar-refractivity contribution is 5.75. The zero-order chi connectivity index (χ0) is 13.4. The second-order valence-electron chi connectivity index (χ2n) is 3.77. The van der Waals surface area contributed by atoms with Gasteiger partial charge in [-0.15, -0.1) is 0 Å². The van der Waals surface area contributed by atoms with Crippen molar-refractivity contribution < 1.29 is 23.6 Å². The second-order valence-corrected chi connectivity index (χ2v) is 3.77. The van der Waals surface area contributed by atoms with Gasteiger partial charge in [0.2, 0.25) is 5.69 Å². The van der Waals surface area contributed by atoms with Crippen LogP contribution in [0.5, 0.6) is 0 Å². The Kier molecular flexibility index (Phi) is 3.12. The molecule has 7 nitrogen and oxygen atoms in total. The Labute approximate surface area is 93.8 Å². The lowest BCUT2D eigenvalue weighted by molar-refractivity contribution is -0.386. The molecule has 0 fully saturated rings. The van der Waals surface area contributed by atoms with Gasteiger partial charge in [0, 0.05) is 0 Å². The van der Waals surface area contributed by atoms with E-state index in [1.165, 1.54) is 13.8 Å². The molecule has 0 atom stereocenters. The van der Waals surface area contributed by atoms with E-state index >= 15 is 0 Å². The first-order chi connectivity index (χ1) is 7.67. The molecule has 0 amide bonds. The monoisotopic (exact) mass is 249 g/mol. The maximum Gasteiger partial charge on any atom is 0.331 e. The molecule has 0 aliphatic rings. The summed E-state index contributed by atoms with van der Waals surface area (Å²) in [4.78, 5) is 20.3. The zero-order valence-corrected chi connectivity index (χ0v) is 8.92. The van der Waals surface area contributed by atoms with E-state index in [4.69, 9.17) is 5.11 Å². The van der Waals surface area contributed by atoms with Gasteiger partial charge in [-0.2, -0.15) is 5.10 Å². The third-order valence-corrected chi connectivity index (χ3v) is 2.22. The Morgan fingerprint density at radius 1 is 1.65 bits per heavy atom. The van der Waals surface area contributed by atoms with E-state index in [9.17, 15) is 23.7 Å². The smallest absolute Gasteiger partial charge is 0.331 e. The van der Waals surface area contributed by atoms with E-state index in [1.54, 1.807) is 0 Å². The number of aliphatic carboxylic acids is 1. The molecular weight excluding hydrogens is 240 g/mol.